The fourth-order valence-corrected chi connectivity index (χ4v) is 8.24. The van der Waals surface area contributed by atoms with Crippen molar-refractivity contribution in [1.29, 1.82) is 0 Å². The Bertz CT molecular complexity index is 2160. The van der Waals surface area contributed by atoms with Crippen LogP contribution in [0.25, 0.3) is 34.4 Å². The average Bonchev–Trinajstić information content (AvgIpc) is 3.75. The molecule has 12 heteroatoms. The highest BCUT2D eigenvalue weighted by molar-refractivity contribution is 6.06. The summed E-state index contributed by atoms with van der Waals surface area (Å²) in [6, 6.07) is 12.9. The van der Waals surface area contributed by atoms with Crippen molar-refractivity contribution in [2.75, 3.05) is 39.6 Å². The van der Waals surface area contributed by atoms with Gasteiger partial charge in [-0.2, -0.15) is 0 Å². The molecule has 2 aromatic carbocycles. The predicted octanol–water partition coefficient (Wildman–Crippen LogP) is 6.09. The lowest BCUT2D eigenvalue weighted by Gasteiger charge is -2.29. The number of benzene rings is 2. The smallest absolute Gasteiger partial charge is 0.330 e. The molecule has 2 saturated carbocycles. The molecule has 0 unspecified atom stereocenters. The lowest BCUT2D eigenvalue weighted by molar-refractivity contribution is -0.134. The van der Waals surface area contributed by atoms with Gasteiger partial charge in [-0.25, -0.2) is 4.79 Å². The number of nitrogens with zero attached hydrogens (tertiary/aromatic N) is 4. The van der Waals surface area contributed by atoms with Gasteiger partial charge < -0.3 is 30.2 Å². The molecule has 1 aliphatic heterocycles. The van der Waals surface area contributed by atoms with Crippen LogP contribution in [0.5, 0.6) is 0 Å². The van der Waals surface area contributed by atoms with Crippen LogP contribution in [-0.2, 0) is 25.7 Å². The van der Waals surface area contributed by atoms with Crippen molar-refractivity contribution in [2.45, 2.75) is 75.8 Å². The van der Waals surface area contributed by atoms with Crippen molar-refractivity contribution in [3.05, 3.63) is 88.9 Å². The summed E-state index contributed by atoms with van der Waals surface area (Å²) in [5.41, 5.74) is 5.68. The summed E-state index contributed by atoms with van der Waals surface area (Å²) in [6.07, 6.45) is 16.4. The maximum absolute atomic E-state index is 14.2. The van der Waals surface area contributed by atoms with E-state index in [0.717, 1.165) is 66.4 Å². The number of amides is 3. The van der Waals surface area contributed by atoms with Crippen LogP contribution in [0.15, 0.2) is 66.5 Å². The molecule has 4 aromatic rings. The molecule has 0 radical (unpaired) electrons. The quantitative estimate of drug-likeness (QED) is 0.124. The molecule has 3 aliphatic rings. The van der Waals surface area contributed by atoms with Crippen LogP contribution in [0, 0.1) is 0 Å². The zero-order valence-corrected chi connectivity index (χ0v) is 31.8. The minimum atomic E-state index is -1.08. The monoisotopic (exact) mass is 743 g/mol. The van der Waals surface area contributed by atoms with Gasteiger partial charge in [0.05, 0.1) is 25.0 Å². The molecule has 2 aromatic heterocycles. The van der Waals surface area contributed by atoms with Gasteiger partial charge in [0.1, 0.15) is 11.2 Å². The summed E-state index contributed by atoms with van der Waals surface area (Å²) in [5.74, 6) is -0.905. The topological polar surface area (TPSA) is 148 Å². The molecule has 0 spiro atoms. The van der Waals surface area contributed by atoms with Crippen molar-refractivity contribution < 1.29 is 23.9 Å². The Balaban J connectivity index is 1.22. The molecule has 3 N–H and O–H groups in total. The van der Waals surface area contributed by atoms with Crippen molar-refractivity contribution in [3.8, 4) is 11.4 Å². The molecule has 12 nitrogen and oxygen atoms in total. The van der Waals surface area contributed by atoms with Crippen LogP contribution in [0.3, 0.4) is 0 Å². The number of ether oxygens (including phenoxy) is 1. The van der Waals surface area contributed by atoms with E-state index in [4.69, 9.17) is 9.97 Å². The fraction of sp³-hybridized carbons (Fsp3) is 0.395. The summed E-state index contributed by atoms with van der Waals surface area (Å²) >= 11 is 0. The number of aromatic nitrogens is 3. The number of fused-ring (bicyclic) bond motifs is 5. The van der Waals surface area contributed by atoms with Gasteiger partial charge in [-0.1, -0.05) is 50.3 Å². The first-order valence-electron chi connectivity index (χ1n) is 19.3. The first-order chi connectivity index (χ1) is 26.7. The van der Waals surface area contributed by atoms with E-state index in [1.807, 2.05) is 43.3 Å². The second kappa shape index (κ2) is 16.4. The number of methoxy groups -OCH3 is 1. The second-order valence-corrected chi connectivity index (χ2v) is 15.1. The fourth-order valence-electron chi connectivity index (χ4n) is 8.24. The zero-order chi connectivity index (χ0) is 38.5. The van der Waals surface area contributed by atoms with E-state index >= 15 is 0 Å². The molecule has 2 aliphatic carbocycles. The predicted molar refractivity (Wildman–Crippen MR) is 213 cm³/mol. The van der Waals surface area contributed by atoms with Gasteiger partial charge in [0, 0.05) is 59.3 Å². The minimum Gasteiger partial charge on any atom is -0.466 e. The van der Waals surface area contributed by atoms with Gasteiger partial charge in [-0.05, 0) is 93.2 Å². The molecule has 3 heterocycles. The number of hydrogen-bond donors (Lipinski definition) is 3. The number of esters is 1. The zero-order valence-electron chi connectivity index (χ0n) is 31.8. The highest BCUT2D eigenvalue weighted by Gasteiger charge is 2.43. The molecule has 0 bridgehead atoms. The van der Waals surface area contributed by atoms with Crippen LogP contribution in [0.1, 0.15) is 90.9 Å². The first-order valence-corrected chi connectivity index (χ1v) is 19.3. The van der Waals surface area contributed by atoms with Crippen LogP contribution in [0.2, 0.25) is 0 Å². The molecule has 55 heavy (non-hydrogen) atoms. The summed E-state index contributed by atoms with van der Waals surface area (Å²) in [4.78, 5) is 64.9. The third-order valence-electron chi connectivity index (χ3n) is 11.1. The number of carbonyl (C=O) groups is 4. The summed E-state index contributed by atoms with van der Waals surface area (Å²) < 4.78 is 6.81. The molecular weight excluding hydrogens is 695 g/mol. The van der Waals surface area contributed by atoms with E-state index < -0.39 is 11.5 Å². The van der Waals surface area contributed by atoms with E-state index in [0.29, 0.717) is 60.9 Å². The van der Waals surface area contributed by atoms with Gasteiger partial charge in [0.25, 0.3) is 5.91 Å². The van der Waals surface area contributed by atoms with Crippen LogP contribution < -0.4 is 16.0 Å². The normalized spacial score (nSPS) is 16.6. The Hall–Kier alpha value is -5.62. The lowest BCUT2D eigenvalue weighted by Crippen LogP contribution is -2.55. The van der Waals surface area contributed by atoms with E-state index in [2.05, 4.69) is 25.3 Å². The standard InChI is InChI=1S/C43H49N7O5/c1-49(2)24-23-46-40(52)31-25-34-38(45-22-21-44-34)39-37(29-9-5-4-6-10-29)33-17-14-30(26-35(33)50(39)27-31)41(53)48-43(19-7-8-20-43)42(54)47-32-15-11-28(12-16-32)13-18-36(51)55-3/h11-18,21-22,25-26,29H,4-10,19-20,23-24,27H2,1-3H3,(H,46,52)(H,47,54)(H,48,53)/b18-13+. The second-order valence-electron chi connectivity index (χ2n) is 15.1. The van der Waals surface area contributed by atoms with Crippen LogP contribution >= 0.6 is 0 Å². The number of rotatable bonds is 11. The third-order valence-corrected chi connectivity index (χ3v) is 11.1. The van der Waals surface area contributed by atoms with Gasteiger partial charge >= 0.3 is 5.97 Å². The maximum atomic E-state index is 14.2. The third kappa shape index (κ3) is 8.10. The van der Waals surface area contributed by atoms with Gasteiger partial charge in [-0.3, -0.25) is 24.4 Å². The van der Waals surface area contributed by atoms with Crippen molar-refractivity contribution in [3.63, 3.8) is 0 Å². The first kappa shape index (κ1) is 37.7. The largest absolute Gasteiger partial charge is 0.466 e. The summed E-state index contributed by atoms with van der Waals surface area (Å²) in [7, 11) is 5.26. The minimum absolute atomic E-state index is 0.164. The molecule has 286 valence electrons. The van der Waals surface area contributed by atoms with Crippen molar-refractivity contribution in [2.24, 2.45) is 0 Å². The highest BCUT2D eigenvalue weighted by Crippen LogP contribution is 2.46. The van der Waals surface area contributed by atoms with Crippen LogP contribution in [-0.4, -0.2) is 83.0 Å². The van der Waals surface area contributed by atoms with E-state index in [-0.39, 0.29) is 17.7 Å². The SMILES string of the molecule is COC(=O)/C=C/c1ccc(NC(=O)C2(NC(=O)c3ccc4c(C5CCCCC5)c5n(c4c3)CC(C(=O)NCCN(C)C)=Cc3nccnc3-5)CCCC2)cc1. The summed E-state index contributed by atoms with van der Waals surface area (Å²) in [6.45, 7) is 1.50. The Morgan fingerprint density at radius 1 is 0.945 bits per heavy atom. The molecular formula is C43H49N7O5. The Labute approximate surface area is 321 Å². The Kier molecular flexibility index (Phi) is 11.2. The molecule has 2 fully saturated rings. The summed E-state index contributed by atoms with van der Waals surface area (Å²) in [5, 5.41) is 10.3. The van der Waals surface area contributed by atoms with Crippen molar-refractivity contribution in [1.82, 2.24) is 30.1 Å². The molecule has 0 atom stereocenters. The molecule has 7 rings (SSSR count). The van der Waals surface area contributed by atoms with E-state index in [1.165, 1.54) is 25.2 Å². The lowest BCUT2D eigenvalue weighted by atomic mass is 9.82. The Morgan fingerprint density at radius 3 is 2.42 bits per heavy atom. The number of likely N-dealkylation sites (N-methyl/N-ethyl adjacent to an activating group) is 1. The van der Waals surface area contributed by atoms with E-state index in [1.54, 1.807) is 42.7 Å². The highest BCUT2D eigenvalue weighted by atomic mass is 16.5. The molecule has 3 amide bonds. The van der Waals surface area contributed by atoms with Gasteiger partial charge in [0.2, 0.25) is 11.8 Å². The average molecular weight is 744 g/mol. The number of hydrogen-bond acceptors (Lipinski definition) is 8. The Morgan fingerprint density at radius 2 is 1.69 bits per heavy atom. The van der Waals surface area contributed by atoms with Gasteiger partial charge in [0.15, 0.2) is 0 Å². The number of anilines is 1. The number of carbonyl (C=O) groups excluding carboxylic acids is 4. The van der Waals surface area contributed by atoms with E-state index in [9.17, 15) is 19.2 Å². The molecule has 0 saturated heterocycles. The number of nitrogens with one attached hydrogen (secondary N) is 3. The maximum Gasteiger partial charge on any atom is 0.330 e. The van der Waals surface area contributed by atoms with Crippen LogP contribution in [0.4, 0.5) is 5.69 Å². The van der Waals surface area contributed by atoms with Gasteiger partial charge in [-0.15, -0.1) is 0 Å². The van der Waals surface area contributed by atoms with Crippen molar-refractivity contribution >= 4 is 52.4 Å².